The van der Waals surface area contributed by atoms with E-state index in [4.69, 9.17) is 5.73 Å². The number of pyridine rings is 1. The topological polar surface area (TPSA) is 97.5 Å². The molecule has 1 amide bonds. The largest absolute Gasteiger partial charge is 0.464 e. The lowest BCUT2D eigenvalue weighted by Crippen LogP contribution is -2.37. The molecule has 1 aromatic rings. The molecule has 2 rings (SSSR count). The minimum Gasteiger partial charge on any atom is -0.464 e. The minimum atomic E-state index is -0.540. The number of ether oxygens (including phenoxy) is 1. The van der Waals surface area contributed by atoms with E-state index in [1.165, 1.54) is 13.2 Å². The first-order valence-electron chi connectivity index (χ1n) is 6.36. The van der Waals surface area contributed by atoms with Crippen molar-refractivity contribution in [3.63, 3.8) is 0 Å². The van der Waals surface area contributed by atoms with Gasteiger partial charge in [-0.1, -0.05) is 0 Å². The molecule has 108 valence electrons. The molecule has 1 fully saturated rings. The molecule has 7 heteroatoms. The fourth-order valence-corrected chi connectivity index (χ4v) is 1.77. The number of carbonyl (C=O) groups excluding carboxylic acids is 2. The second-order valence-electron chi connectivity index (χ2n) is 4.80. The Balaban J connectivity index is 2.08. The van der Waals surface area contributed by atoms with Gasteiger partial charge in [0.05, 0.1) is 19.3 Å². The van der Waals surface area contributed by atoms with Crippen LogP contribution < -0.4 is 16.0 Å². The Bertz CT molecular complexity index is 528. The van der Waals surface area contributed by atoms with E-state index in [0.29, 0.717) is 17.5 Å². The number of nitrogens with two attached hydrogens (primary N) is 1. The maximum Gasteiger partial charge on any atom is 0.356 e. The van der Waals surface area contributed by atoms with Gasteiger partial charge in [0.2, 0.25) is 5.91 Å². The van der Waals surface area contributed by atoms with E-state index >= 15 is 0 Å². The van der Waals surface area contributed by atoms with Crippen LogP contribution >= 0.6 is 0 Å². The van der Waals surface area contributed by atoms with Crippen molar-refractivity contribution in [3.05, 3.63) is 17.8 Å². The number of esters is 1. The minimum absolute atomic E-state index is 0.0836. The molecule has 3 N–H and O–H groups in total. The summed E-state index contributed by atoms with van der Waals surface area (Å²) in [5.74, 6) is -0.236. The number of rotatable bonds is 5. The van der Waals surface area contributed by atoms with Crippen LogP contribution in [0.15, 0.2) is 12.1 Å². The van der Waals surface area contributed by atoms with Gasteiger partial charge in [0, 0.05) is 13.1 Å². The SMILES string of the molecule is COC(=O)c1ccc(N)c(N(C)CC(=O)NC2CC2)n1. The summed E-state index contributed by atoms with van der Waals surface area (Å²) in [5, 5.41) is 2.88. The second-order valence-corrected chi connectivity index (χ2v) is 4.80. The Morgan fingerprint density at radius 2 is 2.20 bits per heavy atom. The lowest BCUT2D eigenvalue weighted by molar-refractivity contribution is -0.119. The van der Waals surface area contributed by atoms with Gasteiger partial charge in [0.15, 0.2) is 11.5 Å². The maximum atomic E-state index is 11.8. The molecule has 7 nitrogen and oxygen atoms in total. The number of aromatic nitrogens is 1. The Morgan fingerprint density at radius 3 is 2.80 bits per heavy atom. The van der Waals surface area contributed by atoms with Crippen molar-refractivity contribution in [2.24, 2.45) is 0 Å². The Morgan fingerprint density at radius 1 is 1.50 bits per heavy atom. The number of nitrogens with one attached hydrogen (secondary N) is 1. The van der Waals surface area contributed by atoms with Crippen LogP contribution in [0, 0.1) is 0 Å². The van der Waals surface area contributed by atoms with E-state index < -0.39 is 5.97 Å². The Hall–Kier alpha value is -2.31. The van der Waals surface area contributed by atoms with Crippen LogP contribution in [0.25, 0.3) is 0 Å². The third-order valence-electron chi connectivity index (χ3n) is 2.98. The quantitative estimate of drug-likeness (QED) is 0.745. The van der Waals surface area contributed by atoms with Crippen molar-refractivity contribution in [1.82, 2.24) is 10.3 Å². The number of hydrogen-bond donors (Lipinski definition) is 2. The highest BCUT2D eigenvalue weighted by Gasteiger charge is 2.24. The number of nitrogens with zero attached hydrogens (tertiary/aromatic N) is 2. The molecule has 1 heterocycles. The highest BCUT2D eigenvalue weighted by molar-refractivity contribution is 5.89. The average molecular weight is 278 g/mol. The Labute approximate surface area is 117 Å². The Kier molecular flexibility index (Phi) is 4.07. The van der Waals surface area contributed by atoms with E-state index in [2.05, 4.69) is 15.0 Å². The lowest BCUT2D eigenvalue weighted by Gasteiger charge is -2.19. The first-order valence-corrected chi connectivity index (χ1v) is 6.36. The summed E-state index contributed by atoms with van der Waals surface area (Å²) in [6, 6.07) is 3.37. The predicted octanol–water partition coefficient (Wildman–Crippen LogP) is 0.165. The molecule has 1 aromatic heterocycles. The molecule has 0 bridgehead atoms. The van der Waals surface area contributed by atoms with E-state index in [9.17, 15) is 9.59 Å². The zero-order valence-corrected chi connectivity index (χ0v) is 11.5. The fraction of sp³-hybridized carbons (Fsp3) is 0.462. The average Bonchev–Trinajstić information content (AvgIpc) is 3.21. The normalized spacial score (nSPS) is 13.7. The first kappa shape index (κ1) is 14.1. The molecule has 1 aliphatic carbocycles. The van der Waals surface area contributed by atoms with E-state index in [-0.39, 0.29) is 18.1 Å². The smallest absolute Gasteiger partial charge is 0.356 e. The summed E-state index contributed by atoms with van der Waals surface area (Å²) in [7, 11) is 2.99. The first-order chi connectivity index (χ1) is 9.51. The van der Waals surface area contributed by atoms with Crippen molar-refractivity contribution in [2.45, 2.75) is 18.9 Å². The molecule has 0 unspecified atom stereocenters. The van der Waals surface area contributed by atoms with Crippen LogP contribution in [-0.2, 0) is 9.53 Å². The lowest BCUT2D eigenvalue weighted by atomic mass is 10.3. The van der Waals surface area contributed by atoms with Crippen molar-refractivity contribution >= 4 is 23.4 Å². The molecule has 0 saturated heterocycles. The third-order valence-corrected chi connectivity index (χ3v) is 2.98. The molecule has 20 heavy (non-hydrogen) atoms. The van der Waals surface area contributed by atoms with Gasteiger partial charge in [-0.15, -0.1) is 0 Å². The van der Waals surface area contributed by atoms with Crippen LogP contribution in [0.1, 0.15) is 23.3 Å². The number of likely N-dealkylation sites (N-methyl/N-ethyl adjacent to an activating group) is 1. The zero-order valence-electron chi connectivity index (χ0n) is 11.5. The van der Waals surface area contributed by atoms with Gasteiger partial charge in [-0.2, -0.15) is 0 Å². The number of amides is 1. The van der Waals surface area contributed by atoms with E-state index in [1.54, 1.807) is 18.0 Å². The van der Waals surface area contributed by atoms with Crippen LogP contribution in [0.4, 0.5) is 11.5 Å². The maximum absolute atomic E-state index is 11.8. The standard InChI is InChI=1S/C13H18N4O3/c1-17(7-11(18)15-8-3-4-8)12-9(14)5-6-10(16-12)13(19)20-2/h5-6,8H,3-4,7,14H2,1-2H3,(H,15,18). The predicted molar refractivity (Wildman–Crippen MR) is 74.4 cm³/mol. The van der Waals surface area contributed by atoms with Crippen molar-refractivity contribution in [2.75, 3.05) is 31.3 Å². The van der Waals surface area contributed by atoms with Crippen molar-refractivity contribution in [1.29, 1.82) is 0 Å². The molecule has 0 spiro atoms. The number of nitrogen functional groups attached to an aromatic ring is 1. The summed E-state index contributed by atoms with van der Waals surface area (Å²) in [5.41, 5.74) is 6.39. The molecule has 0 atom stereocenters. The second kappa shape index (κ2) is 5.77. The van der Waals surface area contributed by atoms with Crippen molar-refractivity contribution < 1.29 is 14.3 Å². The number of hydrogen-bond acceptors (Lipinski definition) is 6. The van der Waals surface area contributed by atoms with Crippen molar-refractivity contribution in [3.8, 4) is 0 Å². The molecule has 0 aromatic carbocycles. The van der Waals surface area contributed by atoms with Gasteiger partial charge in [-0.25, -0.2) is 9.78 Å². The van der Waals surface area contributed by atoms with E-state index in [1.807, 2.05) is 0 Å². The van der Waals surface area contributed by atoms with Crippen LogP contribution in [0.5, 0.6) is 0 Å². The zero-order chi connectivity index (χ0) is 14.7. The highest BCUT2D eigenvalue weighted by atomic mass is 16.5. The summed E-state index contributed by atoms with van der Waals surface area (Å²) in [4.78, 5) is 29.0. The summed E-state index contributed by atoms with van der Waals surface area (Å²) in [6.45, 7) is 0.137. The van der Waals surface area contributed by atoms with E-state index in [0.717, 1.165) is 12.8 Å². The molecular weight excluding hydrogens is 260 g/mol. The fourth-order valence-electron chi connectivity index (χ4n) is 1.77. The molecule has 0 radical (unpaired) electrons. The van der Waals surface area contributed by atoms with Gasteiger partial charge < -0.3 is 20.7 Å². The number of methoxy groups -OCH3 is 1. The van der Waals surface area contributed by atoms with Gasteiger partial charge in [-0.3, -0.25) is 4.79 Å². The molecular formula is C13H18N4O3. The van der Waals surface area contributed by atoms with Crippen LogP contribution in [0.3, 0.4) is 0 Å². The number of carbonyl (C=O) groups is 2. The monoisotopic (exact) mass is 278 g/mol. The summed E-state index contributed by atoms with van der Waals surface area (Å²) >= 11 is 0. The van der Waals surface area contributed by atoms with Gasteiger partial charge >= 0.3 is 5.97 Å². The molecule has 0 aliphatic heterocycles. The van der Waals surface area contributed by atoms with Crippen LogP contribution in [-0.4, -0.2) is 43.6 Å². The molecule has 1 saturated carbocycles. The van der Waals surface area contributed by atoms with Gasteiger partial charge in [-0.05, 0) is 25.0 Å². The summed E-state index contributed by atoms with van der Waals surface area (Å²) < 4.78 is 4.61. The third kappa shape index (κ3) is 3.37. The highest BCUT2D eigenvalue weighted by Crippen LogP contribution is 2.21. The van der Waals surface area contributed by atoms with Crippen LogP contribution in [0.2, 0.25) is 0 Å². The summed E-state index contributed by atoms with van der Waals surface area (Å²) in [6.07, 6.45) is 2.07. The van der Waals surface area contributed by atoms with Gasteiger partial charge in [0.25, 0.3) is 0 Å². The molecule has 1 aliphatic rings. The van der Waals surface area contributed by atoms with Gasteiger partial charge in [0.1, 0.15) is 0 Å². The number of anilines is 2.